The zero-order valence-electron chi connectivity index (χ0n) is 11.0. The number of nitrogens with zero attached hydrogens (tertiary/aromatic N) is 2. The second kappa shape index (κ2) is 4.32. The summed E-state index contributed by atoms with van der Waals surface area (Å²) in [6, 6.07) is 0. The van der Waals surface area contributed by atoms with E-state index in [1.54, 1.807) is 0 Å². The maximum atomic E-state index is 11.9. The Morgan fingerprint density at radius 1 is 1.00 bits per heavy atom. The van der Waals surface area contributed by atoms with E-state index in [0.717, 1.165) is 22.8 Å². The molecule has 0 aromatic carbocycles. The highest BCUT2D eigenvalue weighted by Gasteiger charge is 2.22. The van der Waals surface area contributed by atoms with Crippen molar-refractivity contribution in [2.75, 3.05) is 0 Å². The van der Waals surface area contributed by atoms with Gasteiger partial charge < -0.3 is 0 Å². The van der Waals surface area contributed by atoms with Crippen LogP contribution in [0.25, 0.3) is 0 Å². The molecule has 0 N–H and O–H groups in total. The van der Waals surface area contributed by atoms with Gasteiger partial charge in [0.15, 0.2) is 0 Å². The monoisotopic (exact) mass is 220 g/mol. The summed E-state index contributed by atoms with van der Waals surface area (Å²) in [5, 5.41) is 0. The summed E-state index contributed by atoms with van der Waals surface area (Å²) in [5.41, 5.74) is 3.20. The van der Waals surface area contributed by atoms with Crippen molar-refractivity contribution in [3.05, 3.63) is 22.8 Å². The third-order valence-electron chi connectivity index (χ3n) is 2.74. The normalized spacial score (nSPS) is 11.6. The summed E-state index contributed by atoms with van der Waals surface area (Å²) in [6.07, 6.45) is 0.378. The van der Waals surface area contributed by atoms with Crippen LogP contribution in [0, 0.1) is 26.2 Å². The SMILES string of the molecule is Cc1nc(C)c(CC(=O)C(C)(C)C)nc1C. The molecule has 16 heavy (non-hydrogen) atoms. The predicted octanol–water partition coefficient (Wildman–Crippen LogP) is 2.56. The summed E-state index contributed by atoms with van der Waals surface area (Å²) in [7, 11) is 0. The first kappa shape index (κ1) is 12.8. The zero-order chi connectivity index (χ0) is 12.5. The molecule has 1 aromatic heterocycles. The molecule has 0 saturated heterocycles. The molecule has 0 aliphatic rings. The van der Waals surface area contributed by atoms with Crippen LogP contribution < -0.4 is 0 Å². The maximum absolute atomic E-state index is 11.9. The molecule has 0 fully saturated rings. The molecule has 0 amide bonds. The minimum atomic E-state index is -0.313. The average molecular weight is 220 g/mol. The van der Waals surface area contributed by atoms with Crippen LogP contribution in [0.15, 0.2) is 0 Å². The number of hydrogen-bond acceptors (Lipinski definition) is 3. The molecule has 1 rings (SSSR count). The van der Waals surface area contributed by atoms with Crippen molar-refractivity contribution in [2.24, 2.45) is 5.41 Å². The van der Waals surface area contributed by atoms with Crippen molar-refractivity contribution in [1.29, 1.82) is 0 Å². The number of ketones is 1. The Morgan fingerprint density at radius 2 is 1.50 bits per heavy atom. The molecule has 3 nitrogen and oxygen atoms in total. The van der Waals surface area contributed by atoms with E-state index in [4.69, 9.17) is 0 Å². The largest absolute Gasteiger partial charge is 0.299 e. The Balaban J connectivity index is 2.99. The predicted molar refractivity (Wildman–Crippen MR) is 64.4 cm³/mol. The second-order valence-corrected chi connectivity index (χ2v) is 5.28. The summed E-state index contributed by atoms with van der Waals surface area (Å²) in [6.45, 7) is 11.6. The second-order valence-electron chi connectivity index (χ2n) is 5.28. The fourth-order valence-corrected chi connectivity index (χ4v) is 1.35. The molecule has 0 bridgehead atoms. The van der Waals surface area contributed by atoms with Crippen molar-refractivity contribution in [3.8, 4) is 0 Å². The van der Waals surface area contributed by atoms with E-state index in [0.29, 0.717) is 6.42 Å². The van der Waals surface area contributed by atoms with E-state index in [2.05, 4.69) is 9.97 Å². The minimum Gasteiger partial charge on any atom is -0.299 e. The topological polar surface area (TPSA) is 42.9 Å². The van der Waals surface area contributed by atoms with Crippen molar-refractivity contribution in [2.45, 2.75) is 48.0 Å². The fourth-order valence-electron chi connectivity index (χ4n) is 1.35. The highest BCUT2D eigenvalue weighted by Crippen LogP contribution is 2.18. The molecule has 0 spiro atoms. The van der Waals surface area contributed by atoms with Crippen molar-refractivity contribution in [1.82, 2.24) is 9.97 Å². The van der Waals surface area contributed by atoms with Gasteiger partial charge in [-0.15, -0.1) is 0 Å². The van der Waals surface area contributed by atoms with Crippen LogP contribution in [0.5, 0.6) is 0 Å². The van der Waals surface area contributed by atoms with Gasteiger partial charge in [0.2, 0.25) is 0 Å². The molecule has 0 unspecified atom stereocenters. The zero-order valence-corrected chi connectivity index (χ0v) is 11.0. The maximum Gasteiger partial charge on any atom is 0.144 e. The van der Waals surface area contributed by atoms with Crippen LogP contribution in [-0.4, -0.2) is 15.8 Å². The highest BCUT2D eigenvalue weighted by atomic mass is 16.1. The van der Waals surface area contributed by atoms with Gasteiger partial charge in [-0.2, -0.15) is 0 Å². The van der Waals surface area contributed by atoms with Gasteiger partial charge in [0.25, 0.3) is 0 Å². The number of aryl methyl sites for hydroxylation is 3. The summed E-state index contributed by atoms with van der Waals surface area (Å²) in [5.74, 6) is 0.202. The van der Waals surface area contributed by atoms with Gasteiger partial charge in [0, 0.05) is 5.41 Å². The Morgan fingerprint density at radius 3 is 2.00 bits per heavy atom. The van der Waals surface area contributed by atoms with E-state index in [1.807, 2.05) is 41.5 Å². The summed E-state index contributed by atoms with van der Waals surface area (Å²) < 4.78 is 0. The van der Waals surface area contributed by atoms with Gasteiger partial charge in [0.05, 0.1) is 29.2 Å². The van der Waals surface area contributed by atoms with E-state index in [-0.39, 0.29) is 11.2 Å². The van der Waals surface area contributed by atoms with Crippen LogP contribution in [0.1, 0.15) is 43.5 Å². The van der Waals surface area contributed by atoms with E-state index < -0.39 is 0 Å². The number of rotatable bonds is 2. The molecule has 0 aliphatic heterocycles. The smallest absolute Gasteiger partial charge is 0.144 e. The molecule has 1 heterocycles. The Hall–Kier alpha value is -1.25. The van der Waals surface area contributed by atoms with Gasteiger partial charge in [-0.1, -0.05) is 20.8 Å². The lowest BCUT2D eigenvalue weighted by Gasteiger charge is -2.17. The van der Waals surface area contributed by atoms with Crippen molar-refractivity contribution >= 4 is 5.78 Å². The molecule has 0 saturated carbocycles. The third kappa shape index (κ3) is 2.87. The molecule has 1 aromatic rings. The molecule has 0 atom stereocenters. The van der Waals surface area contributed by atoms with Gasteiger partial charge in [-0.05, 0) is 20.8 Å². The standard InChI is InChI=1S/C13H20N2O/c1-8-9(2)15-11(10(3)14-8)7-12(16)13(4,5)6/h7H2,1-6H3. The minimum absolute atomic E-state index is 0.202. The summed E-state index contributed by atoms with van der Waals surface area (Å²) in [4.78, 5) is 20.8. The van der Waals surface area contributed by atoms with Crippen LogP contribution in [0.2, 0.25) is 0 Å². The first-order valence-corrected chi connectivity index (χ1v) is 5.56. The van der Waals surface area contributed by atoms with Gasteiger partial charge in [-0.25, -0.2) is 0 Å². The van der Waals surface area contributed by atoms with Crippen LogP contribution in [0.4, 0.5) is 0 Å². The van der Waals surface area contributed by atoms with Crippen LogP contribution in [-0.2, 0) is 11.2 Å². The number of carbonyl (C=O) groups excluding carboxylic acids is 1. The Labute approximate surface area is 97.3 Å². The lowest BCUT2D eigenvalue weighted by molar-refractivity contribution is -0.125. The average Bonchev–Trinajstić information content (AvgIpc) is 2.12. The van der Waals surface area contributed by atoms with Crippen LogP contribution >= 0.6 is 0 Å². The van der Waals surface area contributed by atoms with Gasteiger partial charge in [0.1, 0.15) is 5.78 Å². The van der Waals surface area contributed by atoms with Gasteiger partial charge in [-0.3, -0.25) is 14.8 Å². The third-order valence-corrected chi connectivity index (χ3v) is 2.74. The number of aromatic nitrogens is 2. The number of Topliss-reactive ketones (excluding diaryl/α,β-unsaturated/α-hetero) is 1. The van der Waals surface area contributed by atoms with Crippen molar-refractivity contribution in [3.63, 3.8) is 0 Å². The molecule has 0 aliphatic carbocycles. The Kier molecular flexibility index (Phi) is 3.46. The quantitative estimate of drug-likeness (QED) is 0.769. The fraction of sp³-hybridized carbons (Fsp3) is 0.615. The molecular weight excluding hydrogens is 200 g/mol. The summed E-state index contributed by atoms with van der Waals surface area (Å²) >= 11 is 0. The first-order valence-electron chi connectivity index (χ1n) is 5.56. The number of carbonyl (C=O) groups is 1. The van der Waals surface area contributed by atoms with Crippen molar-refractivity contribution < 1.29 is 4.79 Å². The number of hydrogen-bond donors (Lipinski definition) is 0. The Bertz CT molecular complexity index is 417. The van der Waals surface area contributed by atoms with Crippen LogP contribution in [0.3, 0.4) is 0 Å². The van der Waals surface area contributed by atoms with E-state index >= 15 is 0 Å². The highest BCUT2D eigenvalue weighted by molar-refractivity contribution is 5.85. The van der Waals surface area contributed by atoms with Gasteiger partial charge >= 0.3 is 0 Å². The van der Waals surface area contributed by atoms with E-state index in [9.17, 15) is 4.79 Å². The molecule has 3 heteroatoms. The lowest BCUT2D eigenvalue weighted by atomic mass is 9.88. The molecular formula is C13H20N2O. The molecule has 0 radical (unpaired) electrons. The lowest BCUT2D eigenvalue weighted by Crippen LogP contribution is -2.23. The molecule has 88 valence electrons. The van der Waals surface area contributed by atoms with E-state index in [1.165, 1.54) is 0 Å². The first-order chi connectivity index (χ1) is 7.21.